The Bertz CT molecular complexity index is 374. The lowest BCUT2D eigenvalue weighted by Gasteiger charge is -2.23. The van der Waals surface area contributed by atoms with E-state index in [2.05, 4.69) is 15.3 Å². The Morgan fingerprint density at radius 1 is 1.31 bits per heavy atom. The Morgan fingerprint density at radius 2 is 2.06 bits per heavy atom. The van der Waals surface area contributed by atoms with E-state index < -0.39 is 0 Å². The first-order valence-corrected chi connectivity index (χ1v) is 5.96. The van der Waals surface area contributed by atoms with Crippen LogP contribution in [0.1, 0.15) is 37.7 Å². The minimum Gasteiger partial charge on any atom is -0.367 e. The second-order valence-corrected chi connectivity index (χ2v) is 4.41. The third kappa shape index (κ3) is 2.50. The first-order valence-electron chi connectivity index (χ1n) is 5.59. The first kappa shape index (κ1) is 11.3. The van der Waals surface area contributed by atoms with Gasteiger partial charge in [-0.25, -0.2) is 9.97 Å². The molecular formula is C11H15ClN4. The number of rotatable bonds is 3. The monoisotopic (exact) mass is 238 g/mol. The normalized spacial score (nSPS) is 17.1. The highest BCUT2D eigenvalue weighted by molar-refractivity contribution is 6.32. The maximum atomic E-state index is 7.31. The predicted octanol–water partition coefficient (Wildman–Crippen LogP) is 2.87. The third-order valence-electron chi connectivity index (χ3n) is 2.93. The van der Waals surface area contributed by atoms with Crippen LogP contribution in [0.2, 0.25) is 5.15 Å². The minimum absolute atomic E-state index is 0.336. The van der Waals surface area contributed by atoms with E-state index in [0.29, 0.717) is 22.6 Å². The van der Waals surface area contributed by atoms with E-state index in [0.717, 1.165) is 0 Å². The fourth-order valence-electron chi connectivity index (χ4n) is 2.06. The highest BCUT2D eigenvalue weighted by Crippen LogP contribution is 2.23. The van der Waals surface area contributed by atoms with Crippen molar-refractivity contribution in [3.63, 3.8) is 0 Å². The summed E-state index contributed by atoms with van der Waals surface area (Å²) in [6.45, 7) is 0. The largest absolute Gasteiger partial charge is 0.367 e. The molecule has 0 saturated heterocycles. The molecule has 2 rings (SSSR count). The molecule has 16 heavy (non-hydrogen) atoms. The van der Waals surface area contributed by atoms with Crippen LogP contribution in [0.5, 0.6) is 0 Å². The zero-order valence-corrected chi connectivity index (χ0v) is 9.80. The molecule has 2 N–H and O–H groups in total. The smallest absolute Gasteiger partial charge is 0.143 e. The zero-order chi connectivity index (χ0) is 11.4. The van der Waals surface area contributed by atoms with Crippen LogP contribution in [0.25, 0.3) is 0 Å². The summed E-state index contributed by atoms with van der Waals surface area (Å²) in [5.41, 5.74) is 0.578. The van der Waals surface area contributed by atoms with Crippen molar-refractivity contribution in [3.05, 3.63) is 17.0 Å². The van der Waals surface area contributed by atoms with Gasteiger partial charge in [-0.3, -0.25) is 0 Å². The van der Waals surface area contributed by atoms with E-state index in [-0.39, 0.29) is 0 Å². The van der Waals surface area contributed by atoms with Crippen LogP contribution in [-0.4, -0.2) is 22.2 Å². The fraction of sp³-hybridized carbons (Fsp3) is 0.545. The number of nitrogens with zero attached hydrogens (tertiary/aromatic N) is 2. The third-order valence-corrected chi connectivity index (χ3v) is 3.23. The fourth-order valence-corrected chi connectivity index (χ4v) is 2.24. The van der Waals surface area contributed by atoms with Gasteiger partial charge >= 0.3 is 0 Å². The van der Waals surface area contributed by atoms with Crippen LogP contribution in [0.4, 0.5) is 5.82 Å². The molecule has 86 valence electrons. The average Bonchev–Trinajstić information content (AvgIpc) is 2.31. The van der Waals surface area contributed by atoms with Gasteiger partial charge < -0.3 is 10.7 Å². The van der Waals surface area contributed by atoms with Crippen molar-refractivity contribution < 1.29 is 0 Å². The maximum Gasteiger partial charge on any atom is 0.143 e. The number of nitrogens with one attached hydrogen (secondary N) is 2. The second kappa shape index (κ2) is 5.25. The van der Waals surface area contributed by atoms with Crippen molar-refractivity contribution in [1.82, 2.24) is 9.97 Å². The van der Waals surface area contributed by atoms with E-state index in [1.165, 1.54) is 44.6 Å². The quantitative estimate of drug-likeness (QED) is 0.629. The van der Waals surface area contributed by atoms with Crippen molar-refractivity contribution >= 4 is 23.6 Å². The summed E-state index contributed by atoms with van der Waals surface area (Å²) in [5.74, 6) is 0.682. The molecule has 0 bridgehead atoms. The average molecular weight is 239 g/mol. The van der Waals surface area contributed by atoms with Gasteiger partial charge in [-0.2, -0.15) is 0 Å². The Kier molecular flexibility index (Phi) is 3.72. The molecule has 1 fully saturated rings. The minimum atomic E-state index is 0.336. The number of anilines is 1. The summed E-state index contributed by atoms with van der Waals surface area (Å²) in [5, 5.41) is 11.0. The molecule has 4 nitrogen and oxygen atoms in total. The molecule has 1 heterocycles. The molecular weight excluding hydrogens is 224 g/mol. The van der Waals surface area contributed by atoms with Gasteiger partial charge in [0.25, 0.3) is 0 Å². The van der Waals surface area contributed by atoms with Gasteiger partial charge in [0, 0.05) is 12.3 Å². The van der Waals surface area contributed by atoms with E-state index in [1.54, 1.807) is 0 Å². The summed E-state index contributed by atoms with van der Waals surface area (Å²) in [4.78, 5) is 8.01. The molecule has 0 atom stereocenters. The highest BCUT2D eigenvalue weighted by atomic mass is 35.5. The van der Waals surface area contributed by atoms with Crippen molar-refractivity contribution in [2.45, 2.75) is 38.1 Å². The number of hydrogen-bond acceptors (Lipinski definition) is 4. The lowest BCUT2D eigenvalue weighted by atomic mass is 9.95. The van der Waals surface area contributed by atoms with Crippen LogP contribution in [0.3, 0.4) is 0 Å². The van der Waals surface area contributed by atoms with Crippen molar-refractivity contribution in [2.24, 2.45) is 0 Å². The first-order chi connectivity index (χ1) is 7.81. The summed E-state index contributed by atoms with van der Waals surface area (Å²) < 4.78 is 0. The predicted molar refractivity (Wildman–Crippen MR) is 65.4 cm³/mol. The Labute approximate surface area is 100.0 Å². The Balaban J connectivity index is 2.13. The van der Waals surface area contributed by atoms with Crippen molar-refractivity contribution in [1.29, 1.82) is 5.41 Å². The Morgan fingerprint density at radius 3 is 2.75 bits per heavy atom. The van der Waals surface area contributed by atoms with E-state index in [1.807, 2.05) is 0 Å². The van der Waals surface area contributed by atoms with Gasteiger partial charge in [0.15, 0.2) is 0 Å². The van der Waals surface area contributed by atoms with Gasteiger partial charge in [0.1, 0.15) is 17.3 Å². The zero-order valence-electron chi connectivity index (χ0n) is 9.04. The summed E-state index contributed by atoms with van der Waals surface area (Å²) in [6, 6.07) is 0.457. The molecule has 1 aromatic heterocycles. The highest BCUT2D eigenvalue weighted by Gasteiger charge is 2.16. The topological polar surface area (TPSA) is 61.7 Å². The standard InChI is InChI=1S/C11H15ClN4/c12-10-9(6-13)11(15-7-14-10)16-8-4-2-1-3-5-8/h6-8,13H,1-5H2,(H,14,15,16). The van der Waals surface area contributed by atoms with Crippen LogP contribution in [0, 0.1) is 5.41 Å². The maximum absolute atomic E-state index is 7.31. The molecule has 0 spiro atoms. The van der Waals surface area contributed by atoms with Gasteiger partial charge in [0.2, 0.25) is 0 Å². The SMILES string of the molecule is N=Cc1c(Cl)ncnc1NC1CCCCC1. The van der Waals surface area contributed by atoms with Gasteiger partial charge in [0.05, 0.1) is 5.56 Å². The van der Waals surface area contributed by atoms with Crippen molar-refractivity contribution in [2.75, 3.05) is 5.32 Å². The Hall–Kier alpha value is -1.16. The number of halogens is 1. The van der Waals surface area contributed by atoms with Crippen LogP contribution in [-0.2, 0) is 0 Å². The summed E-state index contributed by atoms with van der Waals surface area (Å²) >= 11 is 5.90. The van der Waals surface area contributed by atoms with Crippen LogP contribution >= 0.6 is 11.6 Å². The molecule has 0 radical (unpaired) electrons. The molecule has 0 amide bonds. The number of hydrogen-bond donors (Lipinski definition) is 2. The van der Waals surface area contributed by atoms with Gasteiger partial charge in [-0.05, 0) is 12.8 Å². The molecule has 1 aliphatic rings. The molecule has 0 unspecified atom stereocenters. The van der Waals surface area contributed by atoms with Gasteiger partial charge in [-0.1, -0.05) is 30.9 Å². The summed E-state index contributed by atoms with van der Waals surface area (Å²) in [7, 11) is 0. The van der Waals surface area contributed by atoms with E-state index in [4.69, 9.17) is 17.0 Å². The number of aromatic nitrogens is 2. The molecule has 1 aromatic rings. The molecule has 5 heteroatoms. The van der Waals surface area contributed by atoms with E-state index in [9.17, 15) is 0 Å². The molecule has 0 aromatic carbocycles. The lowest BCUT2D eigenvalue weighted by Crippen LogP contribution is -2.23. The second-order valence-electron chi connectivity index (χ2n) is 4.05. The van der Waals surface area contributed by atoms with E-state index >= 15 is 0 Å². The van der Waals surface area contributed by atoms with Gasteiger partial charge in [-0.15, -0.1) is 0 Å². The van der Waals surface area contributed by atoms with Crippen molar-refractivity contribution in [3.8, 4) is 0 Å². The molecule has 1 saturated carbocycles. The van der Waals surface area contributed by atoms with Crippen LogP contribution in [0.15, 0.2) is 6.33 Å². The summed E-state index contributed by atoms with van der Waals surface area (Å²) in [6.07, 6.45) is 8.80. The molecule has 1 aliphatic carbocycles. The lowest BCUT2D eigenvalue weighted by molar-refractivity contribution is 0.462. The van der Waals surface area contributed by atoms with Crippen LogP contribution < -0.4 is 5.32 Å². The molecule has 0 aliphatic heterocycles.